The maximum atomic E-state index is 12.8. The standard InChI is InChI=1S/C31H28Br2N2O6S2/c1-3-40-30(38)26-22(18-8-12-20(32)13-9-18)16-42-28(26)34-24(36)6-5-7-25(37)35-29-27(31(39)41-4-2)23(17-43-29)19-10-14-21(33)15-11-19/h8-17H,3-7H2,1-2H3,(H,34,36)(H,35,37). The normalized spacial score (nSPS) is 10.7. The van der Waals surface area contributed by atoms with Crippen molar-refractivity contribution in [1.82, 2.24) is 0 Å². The molecular weight excluding hydrogens is 720 g/mol. The lowest BCUT2D eigenvalue weighted by Crippen LogP contribution is -2.17. The Balaban J connectivity index is 1.40. The SMILES string of the molecule is CCOC(=O)c1c(-c2ccc(Br)cc2)csc1NC(=O)CCCC(=O)Nc1scc(-c2ccc(Br)cc2)c1C(=O)OCC. The Labute approximate surface area is 274 Å². The van der Waals surface area contributed by atoms with Crippen LogP contribution in [0.4, 0.5) is 10.0 Å². The van der Waals surface area contributed by atoms with Crippen molar-refractivity contribution in [2.75, 3.05) is 23.8 Å². The molecule has 2 N–H and O–H groups in total. The fraction of sp³-hybridized carbons (Fsp3) is 0.226. The number of nitrogens with one attached hydrogen (secondary N) is 2. The van der Waals surface area contributed by atoms with Crippen molar-refractivity contribution < 1.29 is 28.7 Å². The van der Waals surface area contributed by atoms with E-state index < -0.39 is 11.9 Å². The molecule has 0 aliphatic heterocycles. The van der Waals surface area contributed by atoms with Gasteiger partial charge in [0.25, 0.3) is 0 Å². The van der Waals surface area contributed by atoms with E-state index in [-0.39, 0.29) is 44.3 Å². The molecular formula is C31H28Br2N2O6S2. The molecule has 8 nitrogen and oxygen atoms in total. The van der Waals surface area contributed by atoms with E-state index in [1.54, 1.807) is 13.8 Å². The summed E-state index contributed by atoms with van der Waals surface area (Å²) in [6.45, 7) is 3.84. The Kier molecular flexibility index (Phi) is 11.7. The summed E-state index contributed by atoms with van der Waals surface area (Å²) in [4.78, 5) is 51.2. The average Bonchev–Trinajstić information content (AvgIpc) is 3.58. The molecule has 2 heterocycles. The number of carbonyl (C=O) groups is 4. The Morgan fingerprint density at radius 3 is 1.37 bits per heavy atom. The third kappa shape index (κ3) is 8.41. The first-order valence-electron chi connectivity index (χ1n) is 13.4. The highest BCUT2D eigenvalue weighted by molar-refractivity contribution is 9.10. The molecule has 43 heavy (non-hydrogen) atoms. The lowest BCUT2D eigenvalue weighted by molar-refractivity contribution is -0.117. The van der Waals surface area contributed by atoms with Crippen molar-refractivity contribution in [2.45, 2.75) is 33.1 Å². The Morgan fingerprint density at radius 2 is 1.02 bits per heavy atom. The number of hydrogen-bond donors (Lipinski definition) is 2. The topological polar surface area (TPSA) is 111 Å². The summed E-state index contributed by atoms with van der Waals surface area (Å²) in [6, 6.07) is 15.0. The molecule has 0 aliphatic rings. The molecule has 2 aromatic heterocycles. The number of carbonyl (C=O) groups excluding carboxylic acids is 4. The predicted molar refractivity (Wildman–Crippen MR) is 178 cm³/mol. The number of rotatable bonds is 12. The van der Waals surface area contributed by atoms with Gasteiger partial charge in [0.05, 0.1) is 13.2 Å². The second kappa shape index (κ2) is 15.4. The van der Waals surface area contributed by atoms with Gasteiger partial charge in [-0.05, 0) is 55.7 Å². The van der Waals surface area contributed by atoms with E-state index in [1.165, 1.54) is 22.7 Å². The van der Waals surface area contributed by atoms with Gasteiger partial charge in [-0.3, -0.25) is 9.59 Å². The third-order valence-electron chi connectivity index (χ3n) is 6.17. The molecule has 0 unspecified atom stereocenters. The molecule has 12 heteroatoms. The fourth-order valence-corrected chi connectivity index (χ4v) is 6.66. The van der Waals surface area contributed by atoms with Gasteiger partial charge >= 0.3 is 11.9 Å². The van der Waals surface area contributed by atoms with Gasteiger partial charge in [0.15, 0.2) is 0 Å². The van der Waals surface area contributed by atoms with Gasteiger partial charge in [0.2, 0.25) is 11.8 Å². The minimum Gasteiger partial charge on any atom is -0.462 e. The first-order valence-corrected chi connectivity index (χ1v) is 16.7. The summed E-state index contributed by atoms with van der Waals surface area (Å²) in [5.41, 5.74) is 3.57. The molecule has 0 spiro atoms. The molecule has 4 aromatic rings. The van der Waals surface area contributed by atoms with Crippen LogP contribution < -0.4 is 10.6 Å². The lowest BCUT2D eigenvalue weighted by Gasteiger charge is -2.10. The number of halogens is 2. The van der Waals surface area contributed by atoms with Gasteiger partial charge < -0.3 is 20.1 Å². The fourth-order valence-electron chi connectivity index (χ4n) is 4.18. The number of esters is 2. The van der Waals surface area contributed by atoms with Crippen LogP contribution in [0.3, 0.4) is 0 Å². The lowest BCUT2D eigenvalue weighted by atomic mass is 10.0. The molecule has 0 bridgehead atoms. The minimum atomic E-state index is -0.521. The maximum absolute atomic E-state index is 12.8. The summed E-state index contributed by atoms with van der Waals surface area (Å²) in [6.07, 6.45) is 0.373. The van der Waals surface area contributed by atoms with E-state index >= 15 is 0 Å². The zero-order chi connectivity index (χ0) is 30.9. The Morgan fingerprint density at radius 1 is 0.651 bits per heavy atom. The third-order valence-corrected chi connectivity index (χ3v) is 9.01. The van der Waals surface area contributed by atoms with E-state index in [0.717, 1.165) is 20.1 Å². The van der Waals surface area contributed by atoms with Crippen LogP contribution in [0.1, 0.15) is 53.8 Å². The van der Waals surface area contributed by atoms with Gasteiger partial charge in [-0.15, -0.1) is 22.7 Å². The smallest absolute Gasteiger partial charge is 0.341 e. The van der Waals surface area contributed by atoms with Gasteiger partial charge in [-0.25, -0.2) is 9.59 Å². The van der Waals surface area contributed by atoms with E-state index in [4.69, 9.17) is 9.47 Å². The zero-order valence-electron chi connectivity index (χ0n) is 23.3. The second-order valence-electron chi connectivity index (χ2n) is 9.11. The molecule has 0 atom stereocenters. The summed E-state index contributed by atoms with van der Waals surface area (Å²) < 4.78 is 12.3. The quantitative estimate of drug-likeness (QED) is 0.140. The van der Waals surface area contributed by atoms with E-state index in [2.05, 4.69) is 42.5 Å². The molecule has 0 saturated heterocycles. The van der Waals surface area contributed by atoms with Crippen molar-refractivity contribution >= 4 is 88.3 Å². The molecule has 0 radical (unpaired) electrons. The van der Waals surface area contributed by atoms with Crippen LogP contribution >= 0.6 is 54.5 Å². The van der Waals surface area contributed by atoms with E-state index in [9.17, 15) is 19.2 Å². The highest BCUT2D eigenvalue weighted by Crippen LogP contribution is 2.38. The molecule has 2 aromatic carbocycles. The van der Waals surface area contributed by atoms with Crippen molar-refractivity contribution in [3.63, 3.8) is 0 Å². The minimum absolute atomic E-state index is 0.0561. The molecule has 0 saturated carbocycles. The Hall–Kier alpha value is -3.32. The monoisotopic (exact) mass is 746 g/mol. The van der Waals surface area contributed by atoms with Crippen LogP contribution in [0.2, 0.25) is 0 Å². The molecule has 4 rings (SSSR count). The summed E-state index contributed by atoms with van der Waals surface area (Å²) in [5.74, 6) is -1.70. The van der Waals surface area contributed by atoms with Gasteiger partial charge in [0.1, 0.15) is 21.1 Å². The highest BCUT2D eigenvalue weighted by atomic mass is 79.9. The van der Waals surface area contributed by atoms with Gasteiger partial charge in [-0.2, -0.15) is 0 Å². The predicted octanol–water partition coefficient (Wildman–Crippen LogP) is 8.77. The number of benzene rings is 2. The number of thiophene rings is 2. The highest BCUT2D eigenvalue weighted by Gasteiger charge is 2.24. The Bertz CT molecular complexity index is 1490. The van der Waals surface area contributed by atoms with Crippen molar-refractivity contribution in [3.8, 4) is 22.3 Å². The zero-order valence-corrected chi connectivity index (χ0v) is 28.1. The molecule has 224 valence electrons. The number of amides is 2. The van der Waals surface area contributed by atoms with Gasteiger partial charge in [0, 0.05) is 43.7 Å². The largest absolute Gasteiger partial charge is 0.462 e. The van der Waals surface area contributed by atoms with Crippen molar-refractivity contribution in [3.05, 3.63) is 79.4 Å². The number of anilines is 2. The number of hydrogen-bond acceptors (Lipinski definition) is 8. The average molecular weight is 749 g/mol. The van der Waals surface area contributed by atoms with Crippen LogP contribution in [-0.4, -0.2) is 37.0 Å². The molecule has 2 amide bonds. The van der Waals surface area contributed by atoms with Crippen molar-refractivity contribution in [2.24, 2.45) is 0 Å². The first kappa shape index (κ1) is 32.6. The molecule has 0 aliphatic carbocycles. The van der Waals surface area contributed by atoms with Crippen molar-refractivity contribution in [1.29, 1.82) is 0 Å². The van der Waals surface area contributed by atoms with Crippen LogP contribution in [-0.2, 0) is 19.1 Å². The first-order chi connectivity index (χ1) is 20.7. The van der Waals surface area contributed by atoms with Crippen LogP contribution in [0.25, 0.3) is 22.3 Å². The van der Waals surface area contributed by atoms with Crippen LogP contribution in [0, 0.1) is 0 Å². The van der Waals surface area contributed by atoms with Crippen LogP contribution in [0.15, 0.2) is 68.2 Å². The summed E-state index contributed by atoms with van der Waals surface area (Å²) in [5, 5.41) is 10.0. The summed E-state index contributed by atoms with van der Waals surface area (Å²) >= 11 is 9.31. The maximum Gasteiger partial charge on any atom is 0.341 e. The molecule has 0 fully saturated rings. The van der Waals surface area contributed by atoms with Gasteiger partial charge in [-0.1, -0.05) is 56.1 Å². The number of ether oxygens (including phenoxy) is 2. The van der Waals surface area contributed by atoms with Crippen LogP contribution in [0.5, 0.6) is 0 Å². The second-order valence-corrected chi connectivity index (χ2v) is 12.7. The van der Waals surface area contributed by atoms with E-state index in [0.29, 0.717) is 32.3 Å². The van der Waals surface area contributed by atoms with E-state index in [1.807, 2.05) is 59.3 Å². The summed E-state index contributed by atoms with van der Waals surface area (Å²) in [7, 11) is 0.